The van der Waals surface area contributed by atoms with Crippen LogP contribution in [0, 0.1) is 42.9 Å². The molecule has 1 unspecified atom stereocenters. The minimum atomic E-state index is -0.618. The lowest BCUT2D eigenvalue weighted by Gasteiger charge is -2.33. The number of rotatable bonds is 5. The summed E-state index contributed by atoms with van der Waals surface area (Å²) < 4.78 is 2.00. The lowest BCUT2D eigenvalue weighted by Crippen LogP contribution is -2.52. The maximum atomic E-state index is 13.3. The van der Waals surface area contributed by atoms with E-state index in [2.05, 4.69) is 72.3 Å². The molecule has 49 heavy (non-hydrogen) atoms. The molecule has 0 bridgehead atoms. The molecule has 0 radical (unpaired) electrons. The molecule has 2 saturated heterocycles. The molecule has 9 nitrogen and oxygen atoms in total. The molecule has 3 amide bonds. The fraction of sp³-hybridized carbons (Fsp3) is 0.308. The lowest BCUT2D eigenvalue weighted by molar-refractivity contribution is -0.136. The van der Waals surface area contributed by atoms with Crippen LogP contribution in [0.3, 0.4) is 0 Å². The average Bonchev–Trinajstić information content (AvgIpc) is 3.59. The molecule has 0 saturated carbocycles. The highest BCUT2D eigenvalue weighted by molar-refractivity contribution is 6.32. The molecule has 0 spiro atoms. The number of halogens is 1. The van der Waals surface area contributed by atoms with E-state index in [0.717, 1.165) is 70.8 Å². The van der Waals surface area contributed by atoms with E-state index in [-0.39, 0.29) is 24.2 Å². The Bertz CT molecular complexity index is 2090. The zero-order chi connectivity index (χ0) is 34.2. The minimum Gasteiger partial charge on any atom is -0.371 e. The highest BCUT2D eigenvalue weighted by Gasteiger charge is 2.40. The molecule has 10 heteroatoms. The predicted octanol–water partition coefficient (Wildman–Crippen LogP) is 5.77. The summed E-state index contributed by atoms with van der Waals surface area (Å²) in [6.07, 6.45) is 2.44. The van der Waals surface area contributed by atoms with Crippen LogP contribution in [0.15, 0.2) is 60.7 Å². The first-order valence-corrected chi connectivity index (χ1v) is 16.9. The SMILES string of the molecule is Cc1c(-c2ccc(C#N)c(Cl)c2)nn(Cc2ccc(C#CC3CCN(c4cccc5c4CN(C4CCC(=O)NC4=O)C5=O)CC3)cc2)c1C. The van der Waals surface area contributed by atoms with Crippen molar-refractivity contribution in [3.05, 3.63) is 105 Å². The second-order valence-corrected chi connectivity index (χ2v) is 13.4. The number of hydrogen-bond donors (Lipinski definition) is 1. The van der Waals surface area contributed by atoms with Crippen LogP contribution in [0.2, 0.25) is 5.02 Å². The molecule has 2 fully saturated rings. The van der Waals surface area contributed by atoms with Gasteiger partial charge >= 0.3 is 0 Å². The zero-order valence-corrected chi connectivity index (χ0v) is 28.2. The Morgan fingerprint density at radius 3 is 2.49 bits per heavy atom. The first-order chi connectivity index (χ1) is 23.7. The number of carbonyl (C=O) groups excluding carboxylic acids is 3. The second-order valence-electron chi connectivity index (χ2n) is 13.0. The van der Waals surface area contributed by atoms with Crippen LogP contribution < -0.4 is 10.2 Å². The standard InChI is InChI=1S/C39H35ClN6O3/c1-24-25(2)46(43-37(24)29-12-13-30(21-41)33(40)20-29)22-28-10-8-26(9-11-28)6-7-27-16-18-44(19-17-27)34-5-3-4-31-32(34)23-45(39(31)49)35-14-15-36(47)42-38(35)48/h3-5,8-13,20,27,35H,14-19,22-23H2,1-2H3,(H,42,47,48). The number of aromatic nitrogens is 2. The summed E-state index contributed by atoms with van der Waals surface area (Å²) in [5.74, 6) is 6.32. The predicted molar refractivity (Wildman–Crippen MR) is 187 cm³/mol. The van der Waals surface area contributed by atoms with E-state index in [1.165, 1.54) is 0 Å². The number of nitriles is 1. The highest BCUT2D eigenvalue weighted by atomic mass is 35.5. The van der Waals surface area contributed by atoms with Crippen molar-refractivity contribution in [1.29, 1.82) is 5.26 Å². The van der Waals surface area contributed by atoms with Gasteiger partial charge in [-0.1, -0.05) is 47.7 Å². The normalized spacial score (nSPS) is 17.8. The van der Waals surface area contributed by atoms with Crippen molar-refractivity contribution in [2.45, 2.75) is 58.7 Å². The molecule has 3 aliphatic rings. The summed E-state index contributed by atoms with van der Waals surface area (Å²) >= 11 is 6.29. The first-order valence-electron chi connectivity index (χ1n) is 16.6. The summed E-state index contributed by atoms with van der Waals surface area (Å²) in [6.45, 7) is 6.78. The highest BCUT2D eigenvalue weighted by Crippen LogP contribution is 2.36. The Morgan fingerprint density at radius 1 is 1.00 bits per heavy atom. The smallest absolute Gasteiger partial charge is 0.255 e. The van der Waals surface area contributed by atoms with E-state index in [4.69, 9.17) is 16.7 Å². The van der Waals surface area contributed by atoms with Gasteiger partial charge in [0, 0.05) is 65.6 Å². The molecule has 1 atom stereocenters. The van der Waals surface area contributed by atoms with Gasteiger partial charge in [-0.3, -0.25) is 24.4 Å². The maximum absolute atomic E-state index is 13.3. The molecule has 0 aliphatic carbocycles. The first kappa shape index (κ1) is 32.2. The van der Waals surface area contributed by atoms with Crippen LogP contribution in [-0.4, -0.2) is 51.5 Å². The molecule has 7 rings (SSSR count). The van der Waals surface area contributed by atoms with Crippen molar-refractivity contribution >= 4 is 35.0 Å². The summed E-state index contributed by atoms with van der Waals surface area (Å²) in [6, 6.07) is 21.0. The summed E-state index contributed by atoms with van der Waals surface area (Å²) in [5.41, 5.74) is 9.08. The number of nitrogens with zero attached hydrogens (tertiary/aromatic N) is 5. The third-order valence-corrected chi connectivity index (χ3v) is 10.3. The van der Waals surface area contributed by atoms with Crippen molar-refractivity contribution < 1.29 is 14.4 Å². The van der Waals surface area contributed by atoms with Crippen molar-refractivity contribution in [2.75, 3.05) is 18.0 Å². The van der Waals surface area contributed by atoms with E-state index >= 15 is 0 Å². The van der Waals surface area contributed by atoms with E-state index in [0.29, 0.717) is 35.7 Å². The molecule has 1 N–H and O–H groups in total. The summed E-state index contributed by atoms with van der Waals surface area (Å²) in [7, 11) is 0. The Labute approximate surface area is 290 Å². The number of nitrogens with one attached hydrogen (secondary N) is 1. The van der Waals surface area contributed by atoms with E-state index < -0.39 is 11.9 Å². The van der Waals surface area contributed by atoms with Gasteiger partial charge in [-0.05, 0) is 80.6 Å². The van der Waals surface area contributed by atoms with Crippen LogP contribution in [0.5, 0.6) is 0 Å². The van der Waals surface area contributed by atoms with Gasteiger partial charge < -0.3 is 9.80 Å². The fourth-order valence-electron chi connectivity index (χ4n) is 7.00. The van der Waals surface area contributed by atoms with Crippen molar-refractivity contribution in [3.8, 4) is 29.2 Å². The van der Waals surface area contributed by atoms with Gasteiger partial charge in [-0.15, -0.1) is 0 Å². The fourth-order valence-corrected chi connectivity index (χ4v) is 7.22. The van der Waals surface area contributed by atoms with Crippen molar-refractivity contribution in [2.24, 2.45) is 5.92 Å². The molecule has 4 heterocycles. The van der Waals surface area contributed by atoms with Gasteiger partial charge in [0.1, 0.15) is 12.1 Å². The third-order valence-electron chi connectivity index (χ3n) is 9.97. The number of amides is 3. The summed E-state index contributed by atoms with van der Waals surface area (Å²) in [5, 5.41) is 16.9. The largest absolute Gasteiger partial charge is 0.371 e. The topological polar surface area (TPSA) is 111 Å². The van der Waals surface area contributed by atoms with E-state index in [1.807, 2.05) is 22.9 Å². The van der Waals surface area contributed by atoms with Gasteiger partial charge in [0.25, 0.3) is 5.91 Å². The van der Waals surface area contributed by atoms with Crippen molar-refractivity contribution in [1.82, 2.24) is 20.0 Å². The lowest BCUT2D eigenvalue weighted by atomic mass is 9.95. The van der Waals surface area contributed by atoms with Gasteiger partial charge in [0.05, 0.1) is 22.8 Å². The Morgan fingerprint density at radius 2 is 1.78 bits per heavy atom. The molecule has 1 aromatic heterocycles. The minimum absolute atomic E-state index is 0.147. The molecule has 3 aromatic carbocycles. The van der Waals surface area contributed by atoms with Crippen LogP contribution in [0.25, 0.3) is 11.3 Å². The molecular formula is C39H35ClN6O3. The number of hydrogen-bond acceptors (Lipinski definition) is 6. The number of fused-ring (bicyclic) bond motifs is 1. The van der Waals surface area contributed by atoms with E-state index in [9.17, 15) is 19.6 Å². The van der Waals surface area contributed by atoms with E-state index in [1.54, 1.807) is 17.0 Å². The van der Waals surface area contributed by atoms with Crippen molar-refractivity contribution in [3.63, 3.8) is 0 Å². The Balaban J connectivity index is 0.968. The molecule has 4 aromatic rings. The van der Waals surface area contributed by atoms with Gasteiger partial charge in [0.15, 0.2) is 0 Å². The Hall–Kier alpha value is -5.38. The van der Waals surface area contributed by atoms with Crippen LogP contribution in [0.4, 0.5) is 5.69 Å². The van der Waals surface area contributed by atoms with Crippen LogP contribution in [0.1, 0.15) is 69.6 Å². The molecular weight excluding hydrogens is 636 g/mol. The Kier molecular flexibility index (Phi) is 8.71. The van der Waals surface area contributed by atoms with Gasteiger partial charge in [-0.2, -0.15) is 10.4 Å². The quantitative estimate of drug-likeness (QED) is 0.213. The van der Waals surface area contributed by atoms with Gasteiger partial charge in [-0.25, -0.2) is 0 Å². The molecule has 3 aliphatic heterocycles. The third kappa shape index (κ3) is 6.30. The number of benzene rings is 3. The summed E-state index contributed by atoms with van der Waals surface area (Å²) in [4.78, 5) is 41.3. The van der Waals surface area contributed by atoms with Crippen LogP contribution in [-0.2, 0) is 22.7 Å². The van der Waals surface area contributed by atoms with Gasteiger partial charge in [0.2, 0.25) is 11.8 Å². The number of anilines is 1. The molecule has 246 valence electrons. The maximum Gasteiger partial charge on any atom is 0.255 e. The average molecular weight is 671 g/mol. The number of imide groups is 1. The zero-order valence-electron chi connectivity index (χ0n) is 27.4. The number of piperidine rings is 2. The number of carbonyl (C=O) groups is 3. The second kappa shape index (κ2) is 13.3. The van der Waals surface area contributed by atoms with Crippen LogP contribution >= 0.6 is 11.6 Å². The monoisotopic (exact) mass is 670 g/mol.